The van der Waals surface area contributed by atoms with Gasteiger partial charge in [-0.3, -0.25) is 0 Å². The number of halogens is 3. The van der Waals surface area contributed by atoms with Crippen molar-refractivity contribution in [2.75, 3.05) is 6.54 Å². The number of fused-ring (bicyclic) bond motifs is 2. The molecule has 4 heteroatoms. The lowest BCUT2D eigenvalue weighted by Crippen LogP contribution is -2.58. The Labute approximate surface area is 98.0 Å². The summed E-state index contributed by atoms with van der Waals surface area (Å²) in [5.74, 6) is 0. The number of alkyl halides is 3. The minimum absolute atomic E-state index is 0.220. The SMILES string of the molecule is FC(F)(F)c1ccccc1C12CCNC(C1)C2. The van der Waals surface area contributed by atoms with Gasteiger partial charge in [-0.2, -0.15) is 13.2 Å². The van der Waals surface area contributed by atoms with Crippen LogP contribution in [0, 0.1) is 0 Å². The fraction of sp³-hybridized carbons (Fsp3) is 0.538. The van der Waals surface area contributed by atoms with Crippen LogP contribution in [0.25, 0.3) is 0 Å². The zero-order valence-corrected chi connectivity index (χ0v) is 9.35. The third-order valence-electron chi connectivity index (χ3n) is 4.11. The molecule has 0 spiro atoms. The summed E-state index contributed by atoms with van der Waals surface area (Å²) in [6.07, 6.45) is -1.72. The number of rotatable bonds is 1. The summed E-state index contributed by atoms with van der Waals surface area (Å²) >= 11 is 0. The number of nitrogens with one attached hydrogen (secondary N) is 1. The second-order valence-corrected chi connectivity index (χ2v) is 5.13. The van der Waals surface area contributed by atoms with E-state index in [0.29, 0.717) is 11.6 Å². The Bertz CT molecular complexity index is 427. The molecule has 2 bridgehead atoms. The second kappa shape index (κ2) is 3.48. The fourth-order valence-corrected chi connectivity index (χ4v) is 3.29. The van der Waals surface area contributed by atoms with Gasteiger partial charge in [-0.15, -0.1) is 0 Å². The Kier molecular flexibility index (Phi) is 2.27. The molecular weight excluding hydrogens is 227 g/mol. The first-order chi connectivity index (χ1) is 8.01. The van der Waals surface area contributed by atoms with Crippen LogP contribution >= 0.6 is 0 Å². The average Bonchev–Trinajstić information content (AvgIpc) is 2.27. The van der Waals surface area contributed by atoms with Crippen LogP contribution in [0.2, 0.25) is 0 Å². The van der Waals surface area contributed by atoms with E-state index in [1.54, 1.807) is 12.1 Å². The highest BCUT2D eigenvalue weighted by atomic mass is 19.4. The van der Waals surface area contributed by atoms with E-state index < -0.39 is 11.7 Å². The predicted octanol–water partition coefficient (Wildman–Crippen LogP) is 3.10. The number of benzene rings is 1. The van der Waals surface area contributed by atoms with E-state index in [4.69, 9.17) is 0 Å². The van der Waals surface area contributed by atoms with Gasteiger partial charge in [0.15, 0.2) is 0 Å². The van der Waals surface area contributed by atoms with Gasteiger partial charge in [0.2, 0.25) is 0 Å². The van der Waals surface area contributed by atoms with Gasteiger partial charge in [0.25, 0.3) is 0 Å². The van der Waals surface area contributed by atoms with Gasteiger partial charge >= 0.3 is 6.18 Å². The van der Waals surface area contributed by atoms with E-state index in [-0.39, 0.29) is 5.41 Å². The molecule has 0 atom stereocenters. The summed E-state index contributed by atoms with van der Waals surface area (Å²) in [4.78, 5) is 0. The molecule has 3 aliphatic rings. The van der Waals surface area contributed by atoms with E-state index in [1.807, 2.05) is 0 Å². The maximum Gasteiger partial charge on any atom is 0.416 e. The molecule has 0 aromatic heterocycles. The Hall–Kier alpha value is -1.03. The third-order valence-corrected chi connectivity index (χ3v) is 4.11. The Morgan fingerprint density at radius 3 is 2.47 bits per heavy atom. The summed E-state index contributed by atoms with van der Waals surface area (Å²) in [6.45, 7) is 0.830. The van der Waals surface area contributed by atoms with Gasteiger partial charge in [0, 0.05) is 11.5 Å². The van der Waals surface area contributed by atoms with Gasteiger partial charge in [-0.1, -0.05) is 18.2 Å². The highest BCUT2D eigenvalue weighted by Crippen LogP contribution is 2.52. The maximum absolute atomic E-state index is 13.0. The standard InChI is InChI=1S/C13H14F3N/c14-13(15,16)11-4-2-1-3-10(11)12-5-6-17-9(7-12)8-12/h1-4,9,17H,5-8H2. The van der Waals surface area contributed by atoms with Crippen molar-refractivity contribution in [2.24, 2.45) is 0 Å². The predicted molar refractivity (Wildman–Crippen MR) is 58.8 cm³/mol. The van der Waals surface area contributed by atoms with Crippen LogP contribution in [0.3, 0.4) is 0 Å². The maximum atomic E-state index is 13.0. The Morgan fingerprint density at radius 1 is 1.18 bits per heavy atom. The normalized spacial score (nSPS) is 32.1. The van der Waals surface area contributed by atoms with Crippen molar-refractivity contribution in [1.29, 1.82) is 0 Å². The largest absolute Gasteiger partial charge is 0.416 e. The van der Waals surface area contributed by atoms with Gasteiger partial charge in [-0.25, -0.2) is 0 Å². The van der Waals surface area contributed by atoms with Gasteiger partial charge in [-0.05, 0) is 37.4 Å². The smallest absolute Gasteiger partial charge is 0.314 e. The van der Waals surface area contributed by atoms with E-state index >= 15 is 0 Å². The quantitative estimate of drug-likeness (QED) is 0.796. The molecule has 1 aromatic carbocycles. The van der Waals surface area contributed by atoms with Crippen LogP contribution in [-0.4, -0.2) is 12.6 Å². The molecule has 2 saturated heterocycles. The van der Waals surface area contributed by atoms with Crippen LogP contribution in [0.15, 0.2) is 24.3 Å². The lowest BCUT2D eigenvalue weighted by molar-refractivity contribution is -0.139. The minimum Gasteiger partial charge on any atom is -0.314 e. The average molecular weight is 241 g/mol. The van der Waals surface area contributed by atoms with Crippen LogP contribution in [-0.2, 0) is 11.6 Å². The van der Waals surface area contributed by atoms with Gasteiger partial charge in [0.1, 0.15) is 0 Å². The second-order valence-electron chi connectivity index (χ2n) is 5.13. The molecule has 0 unspecified atom stereocenters. The summed E-state index contributed by atoms with van der Waals surface area (Å²) in [5, 5.41) is 3.32. The summed E-state index contributed by atoms with van der Waals surface area (Å²) < 4.78 is 38.9. The van der Waals surface area contributed by atoms with Crippen LogP contribution in [0.4, 0.5) is 13.2 Å². The molecule has 3 fully saturated rings. The fourth-order valence-electron chi connectivity index (χ4n) is 3.29. The Balaban J connectivity index is 2.03. The molecule has 0 amide bonds. The molecule has 17 heavy (non-hydrogen) atoms. The summed E-state index contributed by atoms with van der Waals surface area (Å²) in [7, 11) is 0. The van der Waals surface area contributed by atoms with E-state index in [0.717, 1.165) is 25.8 Å². The first-order valence-corrected chi connectivity index (χ1v) is 5.91. The van der Waals surface area contributed by atoms with Crippen molar-refractivity contribution in [1.82, 2.24) is 5.32 Å². The summed E-state index contributed by atoms with van der Waals surface area (Å²) in [6, 6.07) is 6.48. The van der Waals surface area contributed by atoms with Crippen LogP contribution < -0.4 is 5.32 Å². The van der Waals surface area contributed by atoms with Gasteiger partial charge < -0.3 is 5.32 Å². The Morgan fingerprint density at radius 2 is 1.88 bits per heavy atom. The molecule has 0 radical (unpaired) electrons. The monoisotopic (exact) mass is 241 g/mol. The zero-order chi connectivity index (χ0) is 12.1. The molecular formula is C13H14F3N. The molecule has 4 rings (SSSR count). The zero-order valence-electron chi connectivity index (χ0n) is 9.35. The molecule has 92 valence electrons. The van der Waals surface area contributed by atoms with Crippen molar-refractivity contribution in [2.45, 2.75) is 36.9 Å². The number of hydrogen-bond acceptors (Lipinski definition) is 1. The first kappa shape index (κ1) is 11.1. The summed E-state index contributed by atoms with van der Waals surface area (Å²) in [5.41, 5.74) is -0.159. The van der Waals surface area contributed by atoms with Crippen molar-refractivity contribution in [3.63, 3.8) is 0 Å². The first-order valence-electron chi connectivity index (χ1n) is 5.91. The van der Waals surface area contributed by atoms with Gasteiger partial charge in [0.05, 0.1) is 5.56 Å². The molecule has 1 aromatic rings. The minimum atomic E-state index is -4.23. The molecule has 1 saturated carbocycles. The van der Waals surface area contributed by atoms with E-state index in [9.17, 15) is 13.2 Å². The molecule has 2 aliphatic heterocycles. The highest BCUT2D eigenvalue weighted by Gasteiger charge is 2.51. The lowest BCUT2D eigenvalue weighted by Gasteiger charge is -2.54. The van der Waals surface area contributed by atoms with Crippen molar-refractivity contribution >= 4 is 0 Å². The van der Waals surface area contributed by atoms with E-state index in [2.05, 4.69) is 5.32 Å². The third kappa shape index (κ3) is 1.66. The molecule has 2 heterocycles. The number of piperidine rings is 2. The van der Waals surface area contributed by atoms with E-state index in [1.165, 1.54) is 12.1 Å². The molecule has 1 N–H and O–H groups in total. The van der Waals surface area contributed by atoms with Crippen molar-refractivity contribution in [3.8, 4) is 0 Å². The number of hydrogen-bond donors (Lipinski definition) is 1. The van der Waals surface area contributed by atoms with Crippen LogP contribution in [0.1, 0.15) is 30.4 Å². The lowest BCUT2D eigenvalue weighted by atomic mass is 9.57. The van der Waals surface area contributed by atoms with Crippen LogP contribution in [0.5, 0.6) is 0 Å². The van der Waals surface area contributed by atoms with Crippen molar-refractivity contribution in [3.05, 3.63) is 35.4 Å². The van der Waals surface area contributed by atoms with Crippen molar-refractivity contribution < 1.29 is 13.2 Å². The molecule has 1 aliphatic carbocycles. The highest BCUT2D eigenvalue weighted by molar-refractivity contribution is 5.40. The topological polar surface area (TPSA) is 12.0 Å². The molecule has 1 nitrogen and oxygen atoms in total.